The van der Waals surface area contributed by atoms with Gasteiger partial charge in [-0.1, -0.05) is 72.3 Å². The first-order valence-corrected chi connectivity index (χ1v) is 10.0. The summed E-state index contributed by atoms with van der Waals surface area (Å²) in [6.45, 7) is 4.28. The van der Waals surface area contributed by atoms with Crippen molar-refractivity contribution in [3.63, 3.8) is 0 Å². The maximum atomic E-state index is 12.6. The van der Waals surface area contributed by atoms with Gasteiger partial charge in [0.2, 0.25) is 0 Å². The lowest BCUT2D eigenvalue weighted by Crippen LogP contribution is -2.31. The predicted molar refractivity (Wildman–Crippen MR) is 118 cm³/mol. The van der Waals surface area contributed by atoms with Gasteiger partial charge in [0.05, 0.1) is 5.56 Å². The van der Waals surface area contributed by atoms with E-state index in [1.807, 2.05) is 68.4 Å². The number of carbonyl (C=O) groups excluding carboxylic acids is 2. The van der Waals surface area contributed by atoms with Gasteiger partial charge >= 0.3 is 5.97 Å². The van der Waals surface area contributed by atoms with Crippen molar-refractivity contribution in [2.24, 2.45) is 0 Å². The molecule has 0 fully saturated rings. The van der Waals surface area contributed by atoms with Crippen LogP contribution in [-0.4, -0.2) is 30.4 Å². The summed E-state index contributed by atoms with van der Waals surface area (Å²) < 4.78 is 5.35. The summed E-state index contributed by atoms with van der Waals surface area (Å²) in [5.41, 5.74) is 5.89. The second-order valence-electron chi connectivity index (χ2n) is 7.58. The van der Waals surface area contributed by atoms with Gasteiger partial charge in [0.15, 0.2) is 6.61 Å². The van der Waals surface area contributed by atoms with Crippen molar-refractivity contribution < 1.29 is 14.3 Å². The molecule has 0 atom stereocenters. The Labute approximate surface area is 178 Å². The standard InChI is InChI=1S/C26H27NO3/c1-19-13-14-23(20(2)15-19)17-27(3)25(28)18-30-26(29)24-12-8-7-11-22(24)16-21-9-5-4-6-10-21/h4-15H,16-18H2,1-3H3. The van der Waals surface area contributed by atoms with Crippen LogP contribution in [0.25, 0.3) is 0 Å². The quantitative estimate of drug-likeness (QED) is 0.539. The number of esters is 1. The van der Waals surface area contributed by atoms with E-state index >= 15 is 0 Å². The van der Waals surface area contributed by atoms with Gasteiger partial charge in [-0.3, -0.25) is 4.79 Å². The Morgan fingerprint density at radius 3 is 2.30 bits per heavy atom. The molecule has 0 bridgehead atoms. The minimum atomic E-state index is -0.477. The molecule has 0 heterocycles. The zero-order valence-corrected chi connectivity index (χ0v) is 17.7. The summed E-state index contributed by atoms with van der Waals surface area (Å²) >= 11 is 0. The number of ether oxygens (including phenoxy) is 1. The average Bonchev–Trinajstić information content (AvgIpc) is 2.74. The minimum Gasteiger partial charge on any atom is -0.452 e. The Balaban J connectivity index is 1.60. The number of amides is 1. The van der Waals surface area contributed by atoms with Crippen LogP contribution < -0.4 is 0 Å². The highest BCUT2D eigenvalue weighted by Gasteiger charge is 2.17. The maximum absolute atomic E-state index is 12.6. The van der Waals surface area contributed by atoms with Gasteiger partial charge < -0.3 is 9.64 Å². The zero-order chi connectivity index (χ0) is 21.5. The predicted octanol–water partition coefficient (Wildman–Crippen LogP) is 4.71. The van der Waals surface area contributed by atoms with E-state index in [0.717, 1.165) is 22.3 Å². The lowest BCUT2D eigenvalue weighted by Gasteiger charge is -2.19. The van der Waals surface area contributed by atoms with E-state index in [9.17, 15) is 9.59 Å². The summed E-state index contributed by atoms with van der Waals surface area (Å²) in [6.07, 6.45) is 0.632. The lowest BCUT2D eigenvalue weighted by molar-refractivity contribution is -0.133. The summed E-state index contributed by atoms with van der Waals surface area (Å²) in [6, 6.07) is 23.5. The van der Waals surface area contributed by atoms with Gasteiger partial charge in [0.25, 0.3) is 5.91 Å². The number of likely N-dealkylation sites (N-methyl/N-ethyl adjacent to an activating group) is 1. The van der Waals surface area contributed by atoms with Gasteiger partial charge in [0, 0.05) is 13.6 Å². The molecule has 0 N–H and O–H groups in total. The number of aryl methyl sites for hydroxylation is 2. The van der Waals surface area contributed by atoms with Crippen LogP contribution in [0.5, 0.6) is 0 Å². The molecule has 0 saturated carbocycles. The fourth-order valence-electron chi connectivity index (χ4n) is 3.37. The summed E-state index contributed by atoms with van der Waals surface area (Å²) in [7, 11) is 1.72. The van der Waals surface area contributed by atoms with Crippen LogP contribution in [0.1, 0.15) is 38.2 Å². The van der Waals surface area contributed by atoms with Crippen LogP contribution in [0.2, 0.25) is 0 Å². The first kappa shape index (κ1) is 21.3. The molecule has 0 aliphatic carbocycles. The third-order valence-electron chi connectivity index (χ3n) is 5.13. The van der Waals surface area contributed by atoms with Crippen molar-refractivity contribution in [2.45, 2.75) is 26.8 Å². The highest BCUT2D eigenvalue weighted by Crippen LogP contribution is 2.16. The Hall–Kier alpha value is -3.40. The number of nitrogens with zero attached hydrogens (tertiary/aromatic N) is 1. The first-order chi connectivity index (χ1) is 14.4. The summed E-state index contributed by atoms with van der Waals surface area (Å²) in [5, 5.41) is 0. The number of benzene rings is 3. The molecule has 0 spiro atoms. The van der Waals surface area contributed by atoms with Crippen molar-refractivity contribution >= 4 is 11.9 Å². The fourth-order valence-corrected chi connectivity index (χ4v) is 3.37. The van der Waals surface area contributed by atoms with Crippen molar-refractivity contribution in [1.82, 2.24) is 4.90 Å². The first-order valence-electron chi connectivity index (χ1n) is 10.0. The van der Waals surface area contributed by atoms with E-state index < -0.39 is 5.97 Å². The van der Waals surface area contributed by atoms with E-state index in [4.69, 9.17) is 4.74 Å². The molecule has 30 heavy (non-hydrogen) atoms. The van der Waals surface area contributed by atoms with Crippen molar-refractivity contribution in [3.8, 4) is 0 Å². The van der Waals surface area contributed by atoms with E-state index in [2.05, 4.69) is 6.07 Å². The van der Waals surface area contributed by atoms with Gasteiger partial charge in [-0.2, -0.15) is 0 Å². The molecule has 4 heteroatoms. The molecule has 0 saturated heterocycles. The van der Waals surface area contributed by atoms with E-state index in [-0.39, 0.29) is 12.5 Å². The summed E-state index contributed by atoms with van der Waals surface area (Å²) in [4.78, 5) is 26.7. The van der Waals surface area contributed by atoms with Crippen LogP contribution in [-0.2, 0) is 22.5 Å². The smallest absolute Gasteiger partial charge is 0.338 e. The van der Waals surface area contributed by atoms with E-state index in [1.54, 1.807) is 24.1 Å². The largest absolute Gasteiger partial charge is 0.452 e. The highest BCUT2D eigenvalue weighted by molar-refractivity contribution is 5.92. The second kappa shape index (κ2) is 9.88. The topological polar surface area (TPSA) is 46.6 Å². The van der Waals surface area contributed by atoms with Crippen LogP contribution in [0.15, 0.2) is 72.8 Å². The Kier molecular flexibility index (Phi) is 7.02. The lowest BCUT2D eigenvalue weighted by atomic mass is 10.00. The molecule has 1 amide bonds. The van der Waals surface area contributed by atoms with Crippen molar-refractivity contribution in [3.05, 3.63) is 106 Å². The minimum absolute atomic E-state index is 0.233. The third-order valence-corrected chi connectivity index (χ3v) is 5.13. The Morgan fingerprint density at radius 2 is 1.57 bits per heavy atom. The Morgan fingerprint density at radius 1 is 0.867 bits per heavy atom. The molecule has 3 aromatic rings. The highest BCUT2D eigenvalue weighted by atomic mass is 16.5. The molecule has 0 aliphatic rings. The van der Waals surface area contributed by atoms with Gasteiger partial charge in [-0.25, -0.2) is 4.79 Å². The van der Waals surface area contributed by atoms with Crippen molar-refractivity contribution in [1.29, 1.82) is 0 Å². The summed E-state index contributed by atoms with van der Waals surface area (Å²) in [5.74, 6) is -0.710. The van der Waals surface area contributed by atoms with Crippen LogP contribution in [0.4, 0.5) is 0 Å². The molecule has 0 aromatic heterocycles. The van der Waals surface area contributed by atoms with Crippen LogP contribution >= 0.6 is 0 Å². The van der Waals surface area contributed by atoms with Crippen LogP contribution in [0.3, 0.4) is 0 Å². The Bertz CT molecular complexity index is 1030. The molecular weight excluding hydrogens is 374 g/mol. The number of hydrogen-bond donors (Lipinski definition) is 0. The fraction of sp³-hybridized carbons (Fsp3) is 0.231. The normalized spacial score (nSPS) is 10.5. The molecule has 4 nitrogen and oxygen atoms in total. The molecule has 154 valence electrons. The average molecular weight is 402 g/mol. The van der Waals surface area contributed by atoms with Crippen LogP contribution in [0, 0.1) is 13.8 Å². The number of carbonyl (C=O) groups is 2. The van der Waals surface area contributed by atoms with E-state index in [1.165, 1.54) is 5.56 Å². The van der Waals surface area contributed by atoms with E-state index in [0.29, 0.717) is 18.5 Å². The van der Waals surface area contributed by atoms with Gasteiger partial charge in [-0.15, -0.1) is 0 Å². The molecular formula is C26H27NO3. The number of hydrogen-bond acceptors (Lipinski definition) is 3. The zero-order valence-electron chi connectivity index (χ0n) is 17.7. The molecule has 3 rings (SSSR count). The van der Waals surface area contributed by atoms with Crippen molar-refractivity contribution in [2.75, 3.05) is 13.7 Å². The molecule has 0 radical (unpaired) electrons. The molecule has 3 aromatic carbocycles. The van der Waals surface area contributed by atoms with Gasteiger partial charge in [-0.05, 0) is 48.6 Å². The molecule has 0 aliphatic heterocycles. The monoisotopic (exact) mass is 401 g/mol. The number of rotatable bonds is 7. The maximum Gasteiger partial charge on any atom is 0.338 e. The second-order valence-corrected chi connectivity index (χ2v) is 7.58. The van der Waals surface area contributed by atoms with Gasteiger partial charge in [0.1, 0.15) is 0 Å². The SMILES string of the molecule is Cc1ccc(CN(C)C(=O)COC(=O)c2ccccc2Cc2ccccc2)c(C)c1. The third kappa shape index (κ3) is 5.57. The molecule has 0 unspecified atom stereocenters.